The van der Waals surface area contributed by atoms with Crippen molar-refractivity contribution in [2.24, 2.45) is 5.92 Å². The minimum atomic E-state index is -0.960. The van der Waals surface area contributed by atoms with E-state index in [-0.39, 0.29) is 33.8 Å². The molecule has 4 aromatic carbocycles. The Bertz CT molecular complexity index is 1860. The summed E-state index contributed by atoms with van der Waals surface area (Å²) in [6, 6.07) is 26.7. The van der Waals surface area contributed by atoms with Crippen molar-refractivity contribution in [3.8, 4) is 0 Å². The fourth-order valence-corrected chi connectivity index (χ4v) is 7.50. The van der Waals surface area contributed by atoms with Gasteiger partial charge in [-0.15, -0.1) is 0 Å². The number of ketones is 3. The maximum atomic E-state index is 14.9. The largest absolute Gasteiger partial charge is 0.294 e. The highest BCUT2D eigenvalue weighted by Crippen LogP contribution is 2.49. The highest BCUT2D eigenvalue weighted by atomic mass is 31.1. The molecule has 5 heteroatoms. The Morgan fingerprint density at radius 1 is 0.622 bits per heavy atom. The van der Waals surface area contributed by atoms with Gasteiger partial charge in [-0.05, 0) is 64.8 Å². The molecule has 226 valence electrons. The monoisotopic (exact) mass is 612 g/mol. The Kier molecular flexibility index (Phi) is 9.09. The highest BCUT2D eigenvalue weighted by Gasteiger charge is 2.45. The Labute approximate surface area is 266 Å². The minimum Gasteiger partial charge on any atom is -0.294 e. The second-order valence-corrected chi connectivity index (χ2v) is 14.3. The van der Waals surface area contributed by atoms with Gasteiger partial charge in [0, 0.05) is 38.8 Å². The number of rotatable bonds is 9. The molecule has 0 saturated heterocycles. The Morgan fingerprint density at radius 3 is 1.73 bits per heavy atom. The van der Waals surface area contributed by atoms with Gasteiger partial charge in [-0.1, -0.05) is 116 Å². The summed E-state index contributed by atoms with van der Waals surface area (Å²) in [6.07, 6.45) is 5.82. The summed E-state index contributed by atoms with van der Waals surface area (Å²) in [5.41, 5.74) is 3.74. The molecule has 0 radical (unpaired) electrons. The Hall–Kier alpha value is -4.53. The van der Waals surface area contributed by atoms with Crippen molar-refractivity contribution in [2.75, 3.05) is 13.3 Å². The summed E-state index contributed by atoms with van der Waals surface area (Å²) in [5, 5.41) is 0. The Morgan fingerprint density at radius 2 is 1.18 bits per heavy atom. The zero-order valence-electron chi connectivity index (χ0n) is 26.5. The van der Waals surface area contributed by atoms with Crippen molar-refractivity contribution in [1.82, 2.24) is 0 Å². The van der Waals surface area contributed by atoms with E-state index in [1.54, 1.807) is 60.7 Å². The predicted molar refractivity (Wildman–Crippen MR) is 183 cm³/mol. The fraction of sp³-hybridized carbons (Fsp3) is 0.200. The zero-order valence-corrected chi connectivity index (χ0v) is 27.4. The number of hydrogen-bond donors (Lipinski definition) is 0. The molecule has 0 aromatic heterocycles. The molecular weight excluding hydrogens is 575 g/mol. The molecule has 5 rings (SSSR count). The van der Waals surface area contributed by atoms with E-state index < -0.39 is 25.0 Å². The fourth-order valence-electron chi connectivity index (χ4n) is 6.51. The first kappa shape index (κ1) is 31.9. The lowest BCUT2D eigenvalue weighted by Gasteiger charge is -2.40. The zero-order chi connectivity index (χ0) is 32.5. The molecule has 1 aliphatic carbocycles. The second-order valence-electron chi connectivity index (χ2n) is 12.1. The molecule has 0 fully saturated rings. The lowest BCUT2D eigenvalue weighted by atomic mass is 9.64. The maximum Gasteiger partial charge on any atom is 0.195 e. The number of carbonyl (C=O) groups is 4. The van der Waals surface area contributed by atoms with Gasteiger partial charge in [-0.2, -0.15) is 0 Å². The van der Waals surface area contributed by atoms with Crippen LogP contribution in [0.3, 0.4) is 0 Å². The normalized spacial score (nSPS) is 17.6. The molecule has 4 aromatic rings. The quantitative estimate of drug-likeness (QED) is 0.140. The van der Waals surface area contributed by atoms with Crippen LogP contribution in [0.4, 0.5) is 0 Å². The molecule has 4 nitrogen and oxygen atoms in total. The average molecular weight is 613 g/mol. The van der Waals surface area contributed by atoms with Gasteiger partial charge in [0.15, 0.2) is 22.9 Å². The SMILES string of the molecule is CC1=CC=CC(C)(c2ccc(C(=O)c3ccccc3)c(C(=O)c3c(C)cccc3C)c2C(=O)c2ccccc2)C1C(=O)P(C)C. The molecular formula is C40H37O4P. The third-order valence-electron chi connectivity index (χ3n) is 8.81. The predicted octanol–water partition coefficient (Wildman–Crippen LogP) is 8.65. The molecule has 0 aliphatic heterocycles. The van der Waals surface area contributed by atoms with Gasteiger partial charge in [-0.3, -0.25) is 19.2 Å². The second kappa shape index (κ2) is 12.8. The first-order valence-electron chi connectivity index (χ1n) is 15.0. The molecule has 0 amide bonds. The molecule has 0 saturated carbocycles. The van der Waals surface area contributed by atoms with Crippen molar-refractivity contribution >= 4 is 30.8 Å². The van der Waals surface area contributed by atoms with Crippen LogP contribution in [-0.2, 0) is 10.2 Å². The van der Waals surface area contributed by atoms with Crippen LogP contribution in [0.15, 0.2) is 115 Å². The summed E-state index contributed by atoms with van der Waals surface area (Å²) in [5.74, 6) is -1.65. The molecule has 45 heavy (non-hydrogen) atoms. The molecule has 0 N–H and O–H groups in total. The van der Waals surface area contributed by atoms with Gasteiger partial charge in [-0.25, -0.2) is 0 Å². The summed E-state index contributed by atoms with van der Waals surface area (Å²) in [4.78, 5) is 57.8. The van der Waals surface area contributed by atoms with E-state index in [0.29, 0.717) is 22.3 Å². The lowest BCUT2D eigenvalue weighted by molar-refractivity contribution is -0.115. The summed E-state index contributed by atoms with van der Waals surface area (Å²) in [6.45, 7) is 11.5. The van der Waals surface area contributed by atoms with E-state index in [0.717, 1.165) is 16.7 Å². The smallest absolute Gasteiger partial charge is 0.195 e. The maximum absolute atomic E-state index is 14.9. The number of allylic oxidation sites excluding steroid dienone is 4. The lowest BCUT2D eigenvalue weighted by Crippen LogP contribution is -2.39. The van der Waals surface area contributed by atoms with Crippen LogP contribution in [0.2, 0.25) is 0 Å². The van der Waals surface area contributed by atoms with Gasteiger partial charge in [0.1, 0.15) is 0 Å². The average Bonchev–Trinajstić information content (AvgIpc) is 3.03. The third kappa shape index (κ3) is 5.83. The van der Waals surface area contributed by atoms with Crippen molar-refractivity contribution in [3.05, 3.63) is 165 Å². The number of hydrogen-bond acceptors (Lipinski definition) is 4. The van der Waals surface area contributed by atoms with Crippen molar-refractivity contribution in [2.45, 2.75) is 33.1 Å². The number of benzene rings is 4. The van der Waals surface area contributed by atoms with Gasteiger partial charge in [0.2, 0.25) is 0 Å². The van der Waals surface area contributed by atoms with Crippen LogP contribution in [0, 0.1) is 19.8 Å². The molecule has 2 atom stereocenters. The minimum absolute atomic E-state index is 0.0656. The third-order valence-corrected chi connectivity index (χ3v) is 9.95. The first-order chi connectivity index (χ1) is 21.5. The van der Waals surface area contributed by atoms with Crippen LogP contribution in [0.5, 0.6) is 0 Å². The van der Waals surface area contributed by atoms with E-state index in [9.17, 15) is 19.2 Å². The van der Waals surface area contributed by atoms with Crippen LogP contribution < -0.4 is 0 Å². The topological polar surface area (TPSA) is 68.3 Å². The van der Waals surface area contributed by atoms with Crippen LogP contribution in [-0.4, -0.2) is 36.2 Å². The molecule has 0 bridgehead atoms. The molecule has 1 aliphatic rings. The summed E-state index contributed by atoms with van der Waals surface area (Å²) in [7, 11) is -0.960. The molecule has 0 heterocycles. The van der Waals surface area contributed by atoms with E-state index in [4.69, 9.17) is 0 Å². The van der Waals surface area contributed by atoms with E-state index in [1.165, 1.54) is 0 Å². The van der Waals surface area contributed by atoms with E-state index >= 15 is 0 Å². The van der Waals surface area contributed by atoms with E-state index in [2.05, 4.69) is 0 Å². The van der Waals surface area contributed by atoms with Crippen LogP contribution >= 0.6 is 7.92 Å². The highest BCUT2D eigenvalue weighted by molar-refractivity contribution is 7.73. The van der Waals surface area contributed by atoms with Gasteiger partial charge >= 0.3 is 0 Å². The first-order valence-corrected chi connectivity index (χ1v) is 17.3. The standard InChI is InChI=1S/C40H37O4P/c1-25-15-13-16-26(2)32(25)38(43)33-30(36(41)28-18-9-7-10-19-28)22-23-31(34(33)37(42)29-20-11-8-12-21-29)40(4)24-14-17-27(3)35(40)39(44)45(5)6/h7-24,35H,1-6H3. The van der Waals surface area contributed by atoms with Gasteiger partial charge in [0.25, 0.3) is 0 Å². The van der Waals surface area contributed by atoms with Crippen LogP contribution in [0.25, 0.3) is 0 Å². The van der Waals surface area contributed by atoms with E-state index in [1.807, 2.05) is 89.6 Å². The van der Waals surface area contributed by atoms with Crippen LogP contribution in [0.1, 0.15) is 78.3 Å². The summed E-state index contributed by atoms with van der Waals surface area (Å²) < 4.78 is 0. The number of aryl methyl sites for hydroxylation is 2. The summed E-state index contributed by atoms with van der Waals surface area (Å²) >= 11 is 0. The van der Waals surface area contributed by atoms with Crippen molar-refractivity contribution < 1.29 is 19.2 Å². The Balaban J connectivity index is 1.93. The molecule has 2 unspecified atom stereocenters. The van der Waals surface area contributed by atoms with Gasteiger partial charge in [0.05, 0.1) is 5.92 Å². The van der Waals surface area contributed by atoms with Gasteiger partial charge < -0.3 is 0 Å². The number of carbonyl (C=O) groups excluding carboxylic acids is 4. The van der Waals surface area contributed by atoms with Crippen molar-refractivity contribution in [1.29, 1.82) is 0 Å². The molecule has 0 spiro atoms. The van der Waals surface area contributed by atoms with Crippen molar-refractivity contribution in [3.63, 3.8) is 0 Å².